The molecule has 0 N–H and O–H groups in total. The van der Waals surface area contributed by atoms with Crippen LogP contribution in [0.4, 0.5) is 4.79 Å². The molecule has 0 aromatic carbocycles. The van der Waals surface area contributed by atoms with Gasteiger partial charge in [0.2, 0.25) is 0 Å². The molecule has 1 aliphatic carbocycles. The number of rotatable bonds is 3. The summed E-state index contributed by atoms with van der Waals surface area (Å²) < 4.78 is 10.8. The smallest absolute Gasteiger partial charge is 0.411 e. The van der Waals surface area contributed by atoms with Crippen molar-refractivity contribution in [2.24, 2.45) is 11.8 Å². The van der Waals surface area contributed by atoms with Crippen LogP contribution in [0.1, 0.15) is 40.5 Å². The van der Waals surface area contributed by atoms with Crippen LogP contribution < -0.4 is 0 Å². The second kappa shape index (κ2) is 6.77. The van der Waals surface area contributed by atoms with Crippen molar-refractivity contribution in [1.82, 2.24) is 4.90 Å². The third kappa shape index (κ3) is 3.59. The Morgan fingerprint density at radius 2 is 2.09 bits per heavy atom. The van der Waals surface area contributed by atoms with E-state index >= 15 is 0 Å². The van der Waals surface area contributed by atoms with Crippen LogP contribution in [0.3, 0.4) is 0 Å². The number of likely N-dealkylation sites (tertiary alicyclic amines) is 1. The average molecular weight is 321 g/mol. The Morgan fingerprint density at radius 3 is 2.65 bits per heavy atom. The van der Waals surface area contributed by atoms with Gasteiger partial charge in [0.05, 0.1) is 24.6 Å². The van der Waals surface area contributed by atoms with Crippen LogP contribution in [0.15, 0.2) is 24.8 Å². The fourth-order valence-corrected chi connectivity index (χ4v) is 3.52. The van der Waals surface area contributed by atoms with Gasteiger partial charge in [0.25, 0.3) is 0 Å². The highest BCUT2D eigenvalue weighted by atomic mass is 16.6. The van der Waals surface area contributed by atoms with Crippen LogP contribution in [0.5, 0.6) is 0 Å². The van der Waals surface area contributed by atoms with E-state index in [4.69, 9.17) is 9.47 Å². The molecule has 0 aromatic rings. The normalized spacial score (nSPS) is 29.8. The summed E-state index contributed by atoms with van der Waals surface area (Å²) in [6.07, 6.45) is 7.09. The predicted molar refractivity (Wildman–Crippen MR) is 87.8 cm³/mol. The van der Waals surface area contributed by atoms with Gasteiger partial charge < -0.3 is 9.47 Å². The van der Waals surface area contributed by atoms with Crippen molar-refractivity contribution in [3.8, 4) is 0 Å². The Morgan fingerprint density at radius 1 is 1.39 bits per heavy atom. The fourth-order valence-electron chi connectivity index (χ4n) is 3.52. The molecule has 0 saturated carbocycles. The zero-order chi connectivity index (χ0) is 17.2. The first kappa shape index (κ1) is 17.6. The molecule has 5 nitrogen and oxygen atoms in total. The van der Waals surface area contributed by atoms with Crippen LogP contribution in [0, 0.1) is 11.8 Å². The summed E-state index contributed by atoms with van der Waals surface area (Å²) >= 11 is 0. The number of amides is 1. The number of hydrogen-bond acceptors (Lipinski definition) is 4. The Hall–Kier alpha value is -1.78. The monoisotopic (exact) mass is 321 g/mol. The third-order valence-corrected chi connectivity index (χ3v) is 4.31. The van der Waals surface area contributed by atoms with Crippen LogP contribution in [0.2, 0.25) is 0 Å². The van der Waals surface area contributed by atoms with Gasteiger partial charge in [-0.25, -0.2) is 4.79 Å². The molecular weight excluding hydrogens is 294 g/mol. The van der Waals surface area contributed by atoms with Crippen molar-refractivity contribution in [1.29, 1.82) is 0 Å². The van der Waals surface area contributed by atoms with E-state index in [1.807, 2.05) is 26.8 Å². The van der Waals surface area contributed by atoms with Crippen molar-refractivity contribution < 1.29 is 19.1 Å². The molecule has 23 heavy (non-hydrogen) atoms. The minimum atomic E-state index is -0.585. The highest BCUT2D eigenvalue weighted by Crippen LogP contribution is 2.43. The molecule has 5 heteroatoms. The zero-order valence-electron chi connectivity index (χ0n) is 14.5. The van der Waals surface area contributed by atoms with E-state index in [-0.39, 0.29) is 23.8 Å². The lowest BCUT2D eigenvalue weighted by molar-refractivity contribution is -0.149. The second-order valence-corrected chi connectivity index (χ2v) is 7.05. The molecule has 4 atom stereocenters. The molecular formula is C18H27NO4. The highest BCUT2D eigenvalue weighted by molar-refractivity contribution is 5.78. The Bertz CT molecular complexity index is 506. The molecule has 2 aliphatic rings. The standard InChI is InChI=1S/C18H27NO4/c1-6-13-15(16(20)22-7-2)12-10-8-9-11-14(12)19(13)17(21)23-18(3,4)5/h6,9,11-15H,1,7-8,10H2,2-5H3/t12-,13-,14+,15-/m1/s1. The number of esters is 1. The molecule has 0 unspecified atom stereocenters. The van der Waals surface area contributed by atoms with E-state index in [1.54, 1.807) is 17.9 Å². The summed E-state index contributed by atoms with van der Waals surface area (Å²) in [5.74, 6) is -0.585. The van der Waals surface area contributed by atoms with Crippen LogP contribution in [-0.2, 0) is 14.3 Å². The largest absolute Gasteiger partial charge is 0.466 e. The van der Waals surface area contributed by atoms with Gasteiger partial charge in [-0.3, -0.25) is 9.69 Å². The number of nitrogens with zero attached hydrogens (tertiary/aromatic N) is 1. The fraction of sp³-hybridized carbons (Fsp3) is 0.667. The lowest BCUT2D eigenvalue weighted by atomic mass is 9.81. The van der Waals surface area contributed by atoms with E-state index in [0.717, 1.165) is 12.8 Å². The lowest BCUT2D eigenvalue weighted by Crippen LogP contribution is -2.45. The minimum Gasteiger partial charge on any atom is -0.466 e. The SMILES string of the molecule is C=C[C@@H]1[C@H](C(=O)OCC)[C@@H]2CCC=C[C@@H]2N1C(=O)OC(C)(C)C. The maximum atomic E-state index is 12.7. The molecule has 1 saturated heterocycles. The van der Waals surface area contributed by atoms with E-state index in [2.05, 4.69) is 12.7 Å². The van der Waals surface area contributed by atoms with Crippen LogP contribution in [-0.4, -0.2) is 41.3 Å². The summed E-state index contributed by atoms with van der Waals surface area (Å²) in [7, 11) is 0. The minimum absolute atomic E-state index is 0.0505. The van der Waals surface area contributed by atoms with E-state index in [9.17, 15) is 9.59 Å². The number of allylic oxidation sites excluding steroid dienone is 1. The van der Waals surface area contributed by atoms with Crippen LogP contribution >= 0.6 is 0 Å². The highest BCUT2D eigenvalue weighted by Gasteiger charge is 2.53. The predicted octanol–water partition coefficient (Wildman–Crippen LogP) is 3.31. The lowest BCUT2D eigenvalue weighted by Gasteiger charge is -2.32. The van der Waals surface area contributed by atoms with E-state index < -0.39 is 17.7 Å². The van der Waals surface area contributed by atoms with Crippen molar-refractivity contribution in [2.45, 2.75) is 58.2 Å². The molecule has 1 heterocycles. The topological polar surface area (TPSA) is 55.8 Å². The summed E-state index contributed by atoms with van der Waals surface area (Å²) in [5.41, 5.74) is -0.585. The molecule has 128 valence electrons. The second-order valence-electron chi connectivity index (χ2n) is 7.05. The molecule has 0 bridgehead atoms. The Labute approximate surface area is 138 Å². The molecule has 1 aliphatic heterocycles. The zero-order valence-corrected chi connectivity index (χ0v) is 14.5. The first-order chi connectivity index (χ1) is 10.8. The van der Waals surface area contributed by atoms with Crippen LogP contribution in [0.25, 0.3) is 0 Å². The maximum absolute atomic E-state index is 12.7. The van der Waals surface area contributed by atoms with Gasteiger partial charge in [-0.1, -0.05) is 18.2 Å². The first-order valence-electron chi connectivity index (χ1n) is 8.27. The Kier molecular flexibility index (Phi) is 5.17. The summed E-state index contributed by atoms with van der Waals surface area (Å²) in [4.78, 5) is 26.8. The summed E-state index contributed by atoms with van der Waals surface area (Å²) in [6, 6.07) is -0.544. The Balaban J connectivity index is 2.34. The number of carbonyl (C=O) groups is 2. The van der Waals surface area contributed by atoms with Gasteiger partial charge in [0.15, 0.2) is 0 Å². The van der Waals surface area contributed by atoms with E-state index in [0.29, 0.717) is 6.61 Å². The van der Waals surface area contributed by atoms with Gasteiger partial charge in [-0.2, -0.15) is 0 Å². The van der Waals surface area contributed by atoms with Crippen molar-refractivity contribution in [3.05, 3.63) is 24.8 Å². The average Bonchev–Trinajstić information content (AvgIpc) is 2.79. The summed E-state index contributed by atoms with van der Waals surface area (Å²) in [6.45, 7) is 11.5. The number of carbonyl (C=O) groups excluding carboxylic acids is 2. The van der Waals surface area contributed by atoms with Gasteiger partial charge in [0.1, 0.15) is 5.60 Å². The van der Waals surface area contributed by atoms with E-state index in [1.165, 1.54) is 0 Å². The first-order valence-corrected chi connectivity index (χ1v) is 8.27. The van der Waals surface area contributed by atoms with Crippen molar-refractivity contribution in [2.75, 3.05) is 6.61 Å². The number of hydrogen-bond donors (Lipinski definition) is 0. The van der Waals surface area contributed by atoms with Gasteiger partial charge >= 0.3 is 12.1 Å². The summed E-state index contributed by atoms with van der Waals surface area (Å²) in [5, 5.41) is 0. The van der Waals surface area contributed by atoms with Crippen molar-refractivity contribution >= 4 is 12.1 Å². The maximum Gasteiger partial charge on any atom is 0.411 e. The quantitative estimate of drug-likeness (QED) is 0.591. The number of ether oxygens (including phenoxy) is 2. The van der Waals surface area contributed by atoms with Crippen molar-refractivity contribution in [3.63, 3.8) is 0 Å². The molecule has 1 fully saturated rings. The number of fused-ring (bicyclic) bond motifs is 1. The molecule has 0 spiro atoms. The van der Waals surface area contributed by atoms with Gasteiger partial charge in [-0.05, 0) is 46.5 Å². The third-order valence-electron chi connectivity index (χ3n) is 4.31. The van der Waals surface area contributed by atoms with Gasteiger partial charge in [-0.15, -0.1) is 6.58 Å². The molecule has 0 radical (unpaired) electrons. The molecule has 1 amide bonds. The van der Waals surface area contributed by atoms with Gasteiger partial charge in [0, 0.05) is 0 Å². The molecule has 0 aromatic heterocycles. The molecule has 2 rings (SSSR count).